The first-order chi connectivity index (χ1) is 15.3. The van der Waals surface area contributed by atoms with Gasteiger partial charge >= 0.3 is 0 Å². The van der Waals surface area contributed by atoms with Crippen LogP contribution in [0.3, 0.4) is 0 Å². The van der Waals surface area contributed by atoms with Crippen LogP contribution >= 0.6 is 0 Å². The lowest BCUT2D eigenvalue weighted by Gasteiger charge is -2.26. The van der Waals surface area contributed by atoms with Crippen LogP contribution in [0.1, 0.15) is 12.0 Å². The first kappa shape index (κ1) is 22.2. The number of nitrogens with one attached hydrogen (secondary N) is 2. The van der Waals surface area contributed by atoms with Crippen molar-refractivity contribution in [3.8, 4) is 5.75 Å². The third-order valence-electron chi connectivity index (χ3n) is 5.14. The third-order valence-corrected chi connectivity index (χ3v) is 7.06. The van der Waals surface area contributed by atoms with Crippen molar-refractivity contribution in [3.63, 3.8) is 0 Å². The number of morpholine rings is 1. The van der Waals surface area contributed by atoms with Crippen molar-refractivity contribution in [2.75, 3.05) is 43.5 Å². The van der Waals surface area contributed by atoms with Crippen molar-refractivity contribution in [1.82, 2.24) is 4.31 Å². The van der Waals surface area contributed by atoms with E-state index in [4.69, 9.17) is 9.47 Å². The van der Waals surface area contributed by atoms with Gasteiger partial charge in [0.05, 0.1) is 13.2 Å². The van der Waals surface area contributed by atoms with Crippen LogP contribution in [0.25, 0.3) is 0 Å². The van der Waals surface area contributed by atoms with Crippen LogP contribution in [0.5, 0.6) is 5.75 Å². The highest BCUT2D eigenvalue weighted by Gasteiger charge is 2.29. The van der Waals surface area contributed by atoms with E-state index in [0.29, 0.717) is 18.6 Å². The van der Waals surface area contributed by atoms with Crippen LogP contribution in [-0.2, 0) is 30.8 Å². The molecule has 2 aromatic rings. The second-order valence-electron chi connectivity index (χ2n) is 7.37. The Morgan fingerprint density at radius 2 is 1.94 bits per heavy atom. The highest BCUT2D eigenvalue weighted by atomic mass is 32.2. The van der Waals surface area contributed by atoms with Gasteiger partial charge in [0, 0.05) is 30.9 Å². The van der Waals surface area contributed by atoms with Crippen molar-refractivity contribution in [3.05, 3.63) is 47.8 Å². The Morgan fingerprint density at radius 1 is 1.16 bits per heavy atom. The maximum absolute atomic E-state index is 14.3. The van der Waals surface area contributed by atoms with Gasteiger partial charge in [-0.1, -0.05) is 0 Å². The molecule has 2 aliphatic rings. The second-order valence-corrected chi connectivity index (χ2v) is 9.27. The number of rotatable bonds is 6. The zero-order valence-corrected chi connectivity index (χ0v) is 17.9. The third kappa shape index (κ3) is 4.90. The van der Waals surface area contributed by atoms with E-state index in [1.165, 1.54) is 6.07 Å². The number of fused-ring (bicyclic) bond motifs is 1. The summed E-state index contributed by atoms with van der Waals surface area (Å²) in [5, 5.41) is 5.29. The SMILES string of the molecule is O=C(COc1ccc2c(c1)CCC(=O)N2)Nc1ccc(F)c(S(=O)(=O)N2CCOCC2)c1. The van der Waals surface area contributed by atoms with Crippen molar-refractivity contribution >= 4 is 33.2 Å². The topological polar surface area (TPSA) is 114 Å². The fourth-order valence-corrected chi connectivity index (χ4v) is 5.00. The molecule has 0 aromatic heterocycles. The van der Waals surface area contributed by atoms with Crippen molar-refractivity contribution in [2.45, 2.75) is 17.7 Å². The minimum Gasteiger partial charge on any atom is -0.484 e. The summed E-state index contributed by atoms with van der Waals surface area (Å²) in [5.41, 5.74) is 1.78. The smallest absolute Gasteiger partial charge is 0.262 e. The number of nitrogens with zero attached hydrogens (tertiary/aromatic N) is 1. The van der Waals surface area contributed by atoms with E-state index in [9.17, 15) is 22.4 Å². The molecule has 170 valence electrons. The number of anilines is 2. The van der Waals surface area contributed by atoms with Crippen LogP contribution in [-0.4, -0.2) is 57.4 Å². The average molecular weight is 463 g/mol. The average Bonchev–Trinajstić information content (AvgIpc) is 2.79. The summed E-state index contributed by atoms with van der Waals surface area (Å²) in [6, 6.07) is 8.49. The fraction of sp³-hybridized carbons (Fsp3) is 0.333. The molecular weight excluding hydrogens is 441 g/mol. The molecule has 2 heterocycles. The Kier molecular flexibility index (Phi) is 6.40. The highest BCUT2D eigenvalue weighted by molar-refractivity contribution is 7.89. The molecule has 2 N–H and O–H groups in total. The Balaban J connectivity index is 1.40. The number of hydrogen-bond donors (Lipinski definition) is 2. The molecule has 4 rings (SSSR count). The zero-order chi connectivity index (χ0) is 22.7. The summed E-state index contributed by atoms with van der Waals surface area (Å²) in [7, 11) is -4.05. The molecule has 0 aliphatic carbocycles. The number of carbonyl (C=O) groups is 2. The molecule has 0 spiro atoms. The second kappa shape index (κ2) is 9.23. The molecule has 2 aliphatic heterocycles. The van der Waals surface area contributed by atoms with E-state index in [0.717, 1.165) is 27.7 Å². The van der Waals surface area contributed by atoms with Crippen molar-refractivity contribution in [1.29, 1.82) is 0 Å². The van der Waals surface area contributed by atoms with E-state index >= 15 is 0 Å². The normalized spacial score (nSPS) is 16.7. The maximum Gasteiger partial charge on any atom is 0.262 e. The van der Waals surface area contributed by atoms with Gasteiger partial charge in [0.1, 0.15) is 16.5 Å². The minimum absolute atomic E-state index is 0.0418. The number of sulfonamides is 1. The molecule has 2 amide bonds. The molecule has 2 aromatic carbocycles. The molecule has 11 heteroatoms. The van der Waals surface area contributed by atoms with Gasteiger partial charge in [-0.05, 0) is 48.4 Å². The summed E-state index contributed by atoms with van der Waals surface area (Å²) in [6.45, 7) is 0.425. The van der Waals surface area contributed by atoms with Gasteiger partial charge in [-0.25, -0.2) is 12.8 Å². The van der Waals surface area contributed by atoms with E-state index in [-0.39, 0.29) is 44.5 Å². The Bertz CT molecular complexity index is 1150. The van der Waals surface area contributed by atoms with Crippen molar-refractivity contribution < 1.29 is 31.9 Å². The monoisotopic (exact) mass is 463 g/mol. The number of amides is 2. The molecule has 1 saturated heterocycles. The van der Waals surface area contributed by atoms with E-state index in [1.54, 1.807) is 18.2 Å². The van der Waals surface area contributed by atoms with Gasteiger partial charge in [-0.3, -0.25) is 9.59 Å². The molecule has 0 saturated carbocycles. The largest absolute Gasteiger partial charge is 0.484 e. The Hall–Kier alpha value is -3.02. The lowest BCUT2D eigenvalue weighted by Crippen LogP contribution is -2.40. The number of benzene rings is 2. The Labute approximate surface area is 184 Å². The van der Waals surface area contributed by atoms with E-state index in [1.807, 2.05) is 0 Å². The number of carbonyl (C=O) groups excluding carboxylic acids is 2. The lowest BCUT2D eigenvalue weighted by atomic mass is 10.0. The summed E-state index contributed by atoms with van der Waals surface area (Å²) in [5.74, 6) is -1.01. The van der Waals surface area contributed by atoms with Crippen molar-refractivity contribution in [2.24, 2.45) is 0 Å². The molecule has 0 unspecified atom stereocenters. The molecule has 0 radical (unpaired) electrons. The standard InChI is InChI=1S/C21H22FN3O6S/c22-17-4-2-15(12-19(17)32(28,29)25-7-9-30-10-8-25)23-21(27)13-31-16-3-5-18-14(11-16)1-6-20(26)24-18/h2-5,11-12H,1,6-10,13H2,(H,23,27)(H,24,26). The van der Waals surface area contributed by atoms with Crippen LogP contribution < -0.4 is 15.4 Å². The summed E-state index contributed by atoms with van der Waals surface area (Å²) in [6.07, 6.45) is 0.970. The predicted octanol–water partition coefficient (Wildman–Crippen LogP) is 1.75. The van der Waals surface area contributed by atoms with E-state index < -0.39 is 26.6 Å². The van der Waals surface area contributed by atoms with Gasteiger partial charge in [0.25, 0.3) is 5.91 Å². The predicted molar refractivity (Wildman–Crippen MR) is 113 cm³/mol. The summed E-state index contributed by atoms with van der Waals surface area (Å²) < 4.78 is 51.6. The lowest BCUT2D eigenvalue weighted by molar-refractivity contribution is -0.118. The van der Waals surface area contributed by atoms with Crippen LogP contribution in [0.4, 0.5) is 15.8 Å². The maximum atomic E-state index is 14.3. The van der Waals surface area contributed by atoms with Gasteiger partial charge in [-0.15, -0.1) is 0 Å². The molecule has 1 fully saturated rings. The van der Waals surface area contributed by atoms with E-state index in [2.05, 4.69) is 10.6 Å². The van der Waals surface area contributed by atoms with Gasteiger partial charge < -0.3 is 20.1 Å². The number of aryl methyl sites for hydroxylation is 1. The minimum atomic E-state index is -4.05. The van der Waals surface area contributed by atoms with Gasteiger partial charge in [0.2, 0.25) is 15.9 Å². The molecule has 9 nitrogen and oxygen atoms in total. The first-order valence-electron chi connectivity index (χ1n) is 10.1. The Morgan fingerprint density at radius 3 is 2.72 bits per heavy atom. The molecule has 0 atom stereocenters. The molecular formula is C21H22FN3O6S. The summed E-state index contributed by atoms with van der Waals surface area (Å²) in [4.78, 5) is 23.2. The molecule has 32 heavy (non-hydrogen) atoms. The van der Waals surface area contributed by atoms with Crippen LogP contribution in [0.15, 0.2) is 41.3 Å². The number of halogens is 1. The fourth-order valence-electron chi connectivity index (χ4n) is 3.50. The quantitative estimate of drug-likeness (QED) is 0.675. The first-order valence-corrected chi connectivity index (χ1v) is 11.5. The van der Waals surface area contributed by atoms with Gasteiger partial charge in [-0.2, -0.15) is 4.31 Å². The highest BCUT2D eigenvalue weighted by Crippen LogP contribution is 2.27. The number of ether oxygens (including phenoxy) is 2. The number of hydrogen-bond acceptors (Lipinski definition) is 6. The summed E-state index contributed by atoms with van der Waals surface area (Å²) >= 11 is 0. The van der Waals surface area contributed by atoms with Crippen LogP contribution in [0, 0.1) is 5.82 Å². The van der Waals surface area contributed by atoms with Crippen LogP contribution in [0.2, 0.25) is 0 Å². The van der Waals surface area contributed by atoms with Gasteiger partial charge in [0.15, 0.2) is 6.61 Å². The zero-order valence-electron chi connectivity index (χ0n) is 17.1. The molecule has 0 bridgehead atoms.